The number of hydrogen-bond donors (Lipinski definition) is 1. The van der Waals surface area contributed by atoms with Gasteiger partial charge in [0.2, 0.25) is 0 Å². The molecule has 0 aliphatic carbocycles. The number of aromatic nitrogens is 3. The highest BCUT2D eigenvalue weighted by molar-refractivity contribution is 5.93. The van der Waals surface area contributed by atoms with E-state index in [1.54, 1.807) is 31.0 Å². The highest BCUT2D eigenvalue weighted by atomic mass is 35.5. The molecule has 0 bridgehead atoms. The molecule has 27 heavy (non-hydrogen) atoms. The maximum atomic E-state index is 12.6. The number of carbonyl (C=O) groups excluding carboxylic acids is 1. The summed E-state index contributed by atoms with van der Waals surface area (Å²) in [7, 11) is 1.69. The maximum absolute atomic E-state index is 12.6. The Morgan fingerprint density at radius 2 is 1.93 bits per heavy atom. The van der Waals surface area contributed by atoms with E-state index in [9.17, 15) is 13.6 Å². The Morgan fingerprint density at radius 1 is 1.33 bits per heavy atom. The molecular formula is C17H24ClF2N5O2. The summed E-state index contributed by atoms with van der Waals surface area (Å²) in [6.45, 7) is 3.72. The van der Waals surface area contributed by atoms with Crippen LogP contribution in [0.2, 0.25) is 0 Å². The lowest BCUT2D eigenvalue weighted by molar-refractivity contribution is -0.0498. The molecule has 7 nitrogen and oxygen atoms in total. The highest BCUT2D eigenvalue weighted by Crippen LogP contribution is 2.20. The molecule has 0 aliphatic rings. The number of hydrogen-bond acceptors (Lipinski definition) is 5. The fourth-order valence-corrected chi connectivity index (χ4v) is 2.50. The number of benzene rings is 1. The fraction of sp³-hybridized carbons (Fsp3) is 0.471. The van der Waals surface area contributed by atoms with Gasteiger partial charge in [-0.1, -0.05) is 19.1 Å². The summed E-state index contributed by atoms with van der Waals surface area (Å²) in [4.78, 5) is 14.2. The molecule has 0 fully saturated rings. The zero-order valence-corrected chi connectivity index (χ0v) is 16.5. The Morgan fingerprint density at radius 3 is 2.44 bits per heavy atom. The molecule has 0 atom stereocenters. The number of halogens is 3. The number of amides is 1. The van der Waals surface area contributed by atoms with Crippen molar-refractivity contribution in [3.63, 3.8) is 0 Å². The van der Waals surface area contributed by atoms with Crippen LogP contribution >= 0.6 is 12.4 Å². The molecule has 0 unspecified atom stereocenters. The van der Waals surface area contributed by atoms with Crippen LogP contribution in [0.1, 0.15) is 30.0 Å². The van der Waals surface area contributed by atoms with E-state index in [2.05, 4.69) is 15.0 Å². The Hall–Kier alpha value is -2.26. The van der Waals surface area contributed by atoms with Gasteiger partial charge in [-0.15, -0.1) is 17.5 Å². The largest absolute Gasteiger partial charge is 0.435 e. The van der Waals surface area contributed by atoms with Crippen LogP contribution in [0.5, 0.6) is 5.75 Å². The van der Waals surface area contributed by atoms with Crippen LogP contribution in [0.25, 0.3) is 5.69 Å². The summed E-state index contributed by atoms with van der Waals surface area (Å²) in [6, 6.07) is 5.93. The zero-order chi connectivity index (χ0) is 19.5. The highest BCUT2D eigenvalue weighted by Gasteiger charge is 2.25. The van der Waals surface area contributed by atoms with Crippen LogP contribution in [0.4, 0.5) is 8.78 Å². The van der Waals surface area contributed by atoms with Gasteiger partial charge in [0.05, 0.1) is 11.4 Å². The first-order valence-corrected chi connectivity index (χ1v) is 8.07. The monoisotopic (exact) mass is 403 g/mol. The van der Waals surface area contributed by atoms with Gasteiger partial charge in [0, 0.05) is 13.6 Å². The van der Waals surface area contributed by atoms with Crippen molar-refractivity contribution in [3.05, 3.63) is 35.7 Å². The fourth-order valence-electron chi connectivity index (χ4n) is 2.50. The van der Waals surface area contributed by atoms with Crippen LogP contribution in [0, 0.1) is 12.3 Å². The summed E-state index contributed by atoms with van der Waals surface area (Å²) >= 11 is 0. The molecule has 1 aromatic carbocycles. The van der Waals surface area contributed by atoms with Crippen LogP contribution in [0.3, 0.4) is 0 Å². The lowest BCUT2D eigenvalue weighted by Gasteiger charge is -2.28. The molecule has 0 spiro atoms. The molecular weight excluding hydrogens is 380 g/mol. The van der Waals surface area contributed by atoms with E-state index >= 15 is 0 Å². The predicted molar refractivity (Wildman–Crippen MR) is 99.8 cm³/mol. The topological polar surface area (TPSA) is 86.3 Å². The van der Waals surface area contributed by atoms with Crippen molar-refractivity contribution in [1.29, 1.82) is 0 Å². The van der Waals surface area contributed by atoms with Gasteiger partial charge in [-0.25, -0.2) is 4.68 Å². The van der Waals surface area contributed by atoms with Gasteiger partial charge in [-0.05, 0) is 43.1 Å². The van der Waals surface area contributed by atoms with Crippen molar-refractivity contribution >= 4 is 18.3 Å². The maximum Gasteiger partial charge on any atom is 0.387 e. The van der Waals surface area contributed by atoms with E-state index in [1.807, 2.05) is 13.8 Å². The number of alkyl halides is 2. The smallest absolute Gasteiger partial charge is 0.387 e. The van der Waals surface area contributed by atoms with Crippen LogP contribution in [-0.2, 0) is 0 Å². The number of nitrogens with zero attached hydrogens (tertiary/aromatic N) is 4. The van der Waals surface area contributed by atoms with E-state index in [4.69, 9.17) is 5.73 Å². The van der Waals surface area contributed by atoms with Crippen molar-refractivity contribution in [2.24, 2.45) is 11.1 Å². The van der Waals surface area contributed by atoms with Gasteiger partial charge in [0.15, 0.2) is 5.69 Å². The van der Waals surface area contributed by atoms with E-state index in [0.717, 1.165) is 0 Å². The van der Waals surface area contributed by atoms with Crippen LogP contribution in [-0.4, -0.2) is 52.5 Å². The molecule has 10 heteroatoms. The summed E-state index contributed by atoms with van der Waals surface area (Å²) in [5, 5.41) is 7.98. The van der Waals surface area contributed by atoms with E-state index in [0.29, 0.717) is 24.5 Å². The molecule has 0 aliphatic heterocycles. The second-order valence-electron chi connectivity index (χ2n) is 6.84. The minimum atomic E-state index is -2.88. The van der Waals surface area contributed by atoms with Gasteiger partial charge >= 0.3 is 6.61 Å². The summed E-state index contributed by atoms with van der Waals surface area (Å²) in [5.41, 5.74) is 6.87. The first kappa shape index (κ1) is 22.8. The third-order valence-corrected chi connectivity index (χ3v) is 3.97. The number of ether oxygens (including phenoxy) is 1. The third kappa shape index (κ3) is 5.61. The Kier molecular flexibility index (Phi) is 7.67. The van der Waals surface area contributed by atoms with Gasteiger partial charge in [0.1, 0.15) is 5.75 Å². The summed E-state index contributed by atoms with van der Waals surface area (Å²) < 4.78 is 30.2. The molecule has 150 valence electrons. The van der Waals surface area contributed by atoms with E-state index in [1.165, 1.54) is 16.8 Å². The van der Waals surface area contributed by atoms with E-state index in [-0.39, 0.29) is 35.2 Å². The first-order chi connectivity index (χ1) is 12.1. The lowest BCUT2D eigenvalue weighted by atomic mass is 9.93. The average molecular weight is 404 g/mol. The van der Waals surface area contributed by atoms with Crippen molar-refractivity contribution in [2.75, 3.05) is 20.1 Å². The normalized spacial score (nSPS) is 11.3. The molecule has 0 radical (unpaired) electrons. The molecule has 1 amide bonds. The SMILES string of the molecule is Cc1c(C(=O)N(C)CC(C)(C)CN)nnn1-c1ccc(OC(F)F)cc1.Cl. The van der Waals surface area contributed by atoms with Crippen molar-refractivity contribution in [2.45, 2.75) is 27.4 Å². The van der Waals surface area contributed by atoms with E-state index < -0.39 is 6.61 Å². The minimum absolute atomic E-state index is 0. The standard InChI is InChI=1S/C17H23F2N5O2.ClH/c1-11-14(15(25)23(4)10-17(2,3)9-20)21-22-24(11)12-5-7-13(8-6-12)26-16(18)19;/h5-8,16H,9-10,20H2,1-4H3;1H. The molecule has 1 heterocycles. The molecule has 0 saturated carbocycles. The zero-order valence-electron chi connectivity index (χ0n) is 15.6. The number of rotatable bonds is 7. The van der Waals surface area contributed by atoms with Gasteiger partial charge < -0.3 is 15.4 Å². The second-order valence-corrected chi connectivity index (χ2v) is 6.84. The number of carbonyl (C=O) groups is 1. The first-order valence-electron chi connectivity index (χ1n) is 8.07. The van der Waals surface area contributed by atoms with Gasteiger partial charge in [0.25, 0.3) is 5.91 Å². The second kappa shape index (κ2) is 9.09. The number of nitrogens with two attached hydrogens (primary N) is 1. The molecule has 2 N–H and O–H groups in total. The average Bonchev–Trinajstić information content (AvgIpc) is 2.95. The summed E-state index contributed by atoms with van der Waals surface area (Å²) in [5.74, 6) is -0.213. The van der Waals surface area contributed by atoms with Crippen molar-refractivity contribution in [3.8, 4) is 11.4 Å². The van der Waals surface area contributed by atoms with Gasteiger partial charge in [-0.3, -0.25) is 4.79 Å². The molecule has 1 aromatic heterocycles. The van der Waals surface area contributed by atoms with Crippen molar-refractivity contribution < 1.29 is 18.3 Å². The molecule has 2 rings (SSSR count). The predicted octanol–water partition coefficient (Wildman–Crippen LogP) is 2.66. The van der Waals surface area contributed by atoms with Crippen molar-refractivity contribution in [1.82, 2.24) is 19.9 Å². The Bertz CT molecular complexity index is 765. The Labute approximate surface area is 162 Å². The van der Waals surface area contributed by atoms with Crippen LogP contribution < -0.4 is 10.5 Å². The lowest BCUT2D eigenvalue weighted by Crippen LogP contribution is -2.40. The third-order valence-electron chi connectivity index (χ3n) is 3.97. The molecule has 0 saturated heterocycles. The van der Waals surface area contributed by atoms with Gasteiger partial charge in [-0.2, -0.15) is 8.78 Å². The molecule has 2 aromatic rings. The quantitative estimate of drug-likeness (QED) is 0.768. The Balaban J connectivity index is 0.00000364. The minimum Gasteiger partial charge on any atom is -0.435 e. The summed E-state index contributed by atoms with van der Waals surface area (Å²) in [6.07, 6.45) is 0. The van der Waals surface area contributed by atoms with Crippen LogP contribution in [0.15, 0.2) is 24.3 Å².